The second-order valence-electron chi connectivity index (χ2n) is 4.37. The van der Waals surface area contributed by atoms with Crippen LogP contribution in [0.15, 0.2) is 54.7 Å². The largest absolute Gasteiger partial charge is 0.478 e. The molecule has 3 N–H and O–H groups in total. The van der Waals surface area contributed by atoms with Crippen molar-refractivity contribution in [2.45, 2.75) is 0 Å². The van der Waals surface area contributed by atoms with Crippen LogP contribution in [0.2, 0.25) is 0 Å². The summed E-state index contributed by atoms with van der Waals surface area (Å²) in [5.41, 5.74) is 1.04. The van der Waals surface area contributed by atoms with Crippen LogP contribution in [0.1, 0.15) is 15.9 Å². The van der Waals surface area contributed by atoms with Gasteiger partial charge in [0, 0.05) is 11.9 Å². The van der Waals surface area contributed by atoms with Crippen molar-refractivity contribution in [2.24, 2.45) is 0 Å². The Hall–Kier alpha value is -3.15. The predicted molar refractivity (Wildman–Crippen MR) is 81.0 cm³/mol. The van der Waals surface area contributed by atoms with Gasteiger partial charge < -0.3 is 15.7 Å². The van der Waals surface area contributed by atoms with E-state index in [0.29, 0.717) is 11.3 Å². The summed E-state index contributed by atoms with van der Waals surface area (Å²) >= 11 is 0. The normalized spacial score (nSPS) is 10.4. The Morgan fingerprint density at radius 2 is 1.86 bits per heavy atom. The highest BCUT2D eigenvalue weighted by molar-refractivity contribution is 5.93. The summed E-state index contributed by atoms with van der Waals surface area (Å²) in [5, 5.41) is 13.8. The summed E-state index contributed by atoms with van der Waals surface area (Å²) in [4.78, 5) is 22.5. The molecule has 2 aromatic carbocycles. The lowest BCUT2D eigenvalue weighted by molar-refractivity contribution is 0.0697. The lowest BCUT2D eigenvalue weighted by atomic mass is 10.2. The first-order valence-electron chi connectivity index (χ1n) is 6.37. The molecule has 0 unspecified atom stereocenters. The van der Waals surface area contributed by atoms with Gasteiger partial charge in [-0.1, -0.05) is 18.2 Å². The Labute approximate surface area is 126 Å². The number of halogens is 1. The minimum atomic E-state index is -1.07. The van der Waals surface area contributed by atoms with E-state index in [0.717, 1.165) is 0 Å². The number of aromatic carboxylic acids is 1. The molecule has 112 valence electrons. The topological polar surface area (TPSA) is 78.4 Å². The Morgan fingerprint density at radius 1 is 1.09 bits per heavy atom. The van der Waals surface area contributed by atoms with E-state index in [1.807, 2.05) is 0 Å². The van der Waals surface area contributed by atoms with Crippen LogP contribution in [0.3, 0.4) is 0 Å². The Kier molecular flexibility index (Phi) is 4.87. The summed E-state index contributed by atoms with van der Waals surface area (Å²) in [6.45, 7) is 0. The first-order valence-corrected chi connectivity index (χ1v) is 6.37. The third-order valence-corrected chi connectivity index (χ3v) is 2.71. The fraction of sp³-hybridized carbons (Fsp3) is 0. The molecule has 0 aliphatic rings. The third kappa shape index (κ3) is 4.45. The van der Waals surface area contributed by atoms with Crippen molar-refractivity contribution in [2.75, 3.05) is 5.32 Å². The first-order chi connectivity index (χ1) is 10.5. The molecule has 0 aliphatic heterocycles. The van der Waals surface area contributed by atoms with Crippen molar-refractivity contribution >= 4 is 23.8 Å². The Morgan fingerprint density at radius 3 is 2.59 bits per heavy atom. The van der Waals surface area contributed by atoms with Gasteiger partial charge in [0.05, 0.1) is 5.56 Å². The van der Waals surface area contributed by atoms with Crippen LogP contribution in [-0.4, -0.2) is 17.1 Å². The van der Waals surface area contributed by atoms with Gasteiger partial charge in [0.2, 0.25) is 0 Å². The van der Waals surface area contributed by atoms with Crippen molar-refractivity contribution in [1.82, 2.24) is 5.32 Å². The van der Waals surface area contributed by atoms with Crippen molar-refractivity contribution in [3.63, 3.8) is 0 Å². The molecule has 2 rings (SSSR count). The van der Waals surface area contributed by atoms with Crippen LogP contribution in [-0.2, 0) is 0 Å². The second-order valence-corrected chi connectivity index (χ2v) is 4.37. The lowest BCUT2D eigenvalue weighted by Gasteiger charge is -2.05. The van der Waals surface area contributed by atoms with Crippen LogP contribution in [0.5, 0.6) is 0 Å². The number of hydrogen-bond donors (Lipinski definition) is 3. The van der Waals surface area contributed by atoms with Crippen LogP contribution in [0, 0.1) is 5.82 Å². The zero-order chi connectivity index (χ0) is 15.9. The minimum absolute atomic E-state index is 0.0769. The van der Waals surface area contributed by atoms with Crippen LogP contribution >= 0.6 is 0 Å². The van der Waals surface area contributed by atoms with Crippen molar-refractivity contribution < 1.29 is 19.1 Å². The second kappa shape index (κ2) is 7.03. The number of amides is 2. The van der Waals surface area contributed by atoms with Gasteiger partial charge in [-0.25, -0.2) is 14.0 Å². The summed E-state index contributed by atoms with van der Waals surface area (Å²) in [7, 11) is 0. The fourth-order valence-corrected chi connectivity index (χ4v) is 1.72. The lowest BCUT2D eigenvalue weighted by Crippen LogP contribution is -2.23. The molecule has 0 aliphatic carbocycles. The monoisotopic (exact) mass is 300 g/mol. The van der Waals surface area contributed by atoms with E-state index in [4.69, 9.17) is 5.11 Å². The summed E-state index contributed by atoms with van der Waals surface area (Å²) < 4.78 is 13.0. The summed E-state index contributed by atoms with van der Waals surface area (Å²) in [5.74, 6) is -1.44. The molecule has 0 fully saturated rings. The fourth-order valence-electron chi connectivity index (χ4n) is 1.72. The van der Waals surface area contributed by atoms with E-state index in [9.17, 15) is 14.0 Å². The number of carboxylic acid groups (broad SMARTS) is 1. The van der Waals surface area contributed by atoms with Gasteiger partial charge in [-0.2, -0.15) is 0 Å². The molecule has 0 heterocycles. The van der Waals surface area contributed by atoms with E-state index in [-0.39, 0.29) is 11.4 Å². The van der Waals surface area contributed by atoms with Gasteiger partial charge in [-0.3, -0.25) is 0 Å². The highest BCUT2D eigenvalue weighted by Gasteiger charge is 2.04. The molecule has 22 heavy (non-hydrogen) atoms. The highest BCUT2D eigenvalue weighted by Crippen LogP contribution is 2.10. The minimum Gasteiger partial charge on any atom is -0.478 e. The van der Waals surface area contributed by atoms with Gasteiger partial charge in [-0.05, 0) is 42.0 Å². The summed E-state index contributed by atoms with van der Waals surface area (Å²) in [6.07, 6.45) is 2.90. The van der Waals surface area contributed by atoms with E-state index in [2.05, 4.69) is 10.6 Å². The van der Waals surface area contributed by atoms with Crippen LogP contribution in [0.4, 0.5) is 14.9 Å². The van der Waals surface area contributed by atoms with Crippen molar-refractivity contribution in [3.05, 3.63) is 71.7 Å². The highest BCUT2D eigenvalue weighted by atomic mass is 19.1. The summed E-state index contributed by atoms with van der Waals surface area (Å²) in [6, 6.07) is 11.2. The SMILES string of the molecule is O=C(N/C=C/c1cccc(F)c1)Nc1cccc(C(=O)O)c1. The standard InChI is InChI=1S/C16H13FN2O3/c17-13-5-1-3-11(9-13)7-8-18-16(22)19-14-6-2-4-12(10-14)15(20)21/h1-10H,(H,20,21)(H2,18,19,22)/b8-7+. The zero-order valence-electron chi connectivity index (χ0n) is 11.4. The molecule has 0 saturated carbocycles. The van der Waals surface area contributed by atoms with E-state index >= 15 is 0 Å². The maximum absolute atomic E-state index is 13.0. The number of carbonyl (C=O) groups excluding carboxylic acids is 1. The Bertz CT molecular complexity index is 729. The number of carbonyl (C=O) groups is 2. The van der Waals surface area contributed by atoms with Crippen LogP contribution < -0.4 is 10.6 Å². The maximum atomic E-state index is 13.0. The van der Waals surface area contributed by atoms with Gasteiger partial charge in [0.25, 0.3) is 0 Å². The van der Waals surface area contributed by atoms with E-state index in [1.165, 1.54) is 42.6 Å². The van der Waals surface area contributed by atoms with Gasteiger partial charge >= 0.3 is 12.0 Å². The van der Waals surface area contributed by atoms with E-state index < -0.39 is 12.0 Å². The van der Waals surface area contributed by atoms with Crippen molar-refractivity contribution in [1.29, 1.82) is 0 Å². The smallest absolute Gasteiger partial charge is 0.335 e. The Balaban J connectivity index is 1.93. The van der Waals surface area contributed by atoms with Gasteiger partial charge in [0.15, 0.2) is 0 Å². The van der Waals surface area contributed by atoms with E-state index in [1.54, 1.807) is 18.2 Å². The average Bonchev–Trinajstić information content (AvgIpc) is 2.47. The average molecular weight is 300 g/mol. The molecule has 0 saturated heterocycles. The number of carboxylic acids is 1. The predicted octanol–water partition coefficient (Wildman–Crippen LogP) is 3.32. The number of nitrogens with one attached hydrogen (secondary N) is 2. The quantitative estimate of drug-likeness (QED) is 0.810. The number of benzene rings is 2. The number of hydrogen-bond acceptors (Lipinski definition) is 2. The first kappa shape index (κ1) is 15.2. The number of urea groups is 1. The van der Waals surface area contributed by atoms with Gasteiger partial charge in [0.1, 0.15) is 5.82 Å². The molecular formula is C16H13FN2O3. The number of anilines is 1. The molecule has 0 radical (unpaired) electrons. The zero-order valence-corrected chi connectivity index (χ0v) is 11.4. The maximum Gasteiger partial charge on any atom is 0.335 e. The van der Waals surface area contributed by atoms with Gasteiger partial charge in [-0.15, -0.1) is 0 Å². The molecule has 0 aromatic heterocycles. The molecule has 6 heteroatoms. The molecule has 0 bridgehead atoms. The molecule has 0 atom stereocenters. The molecule has 2 amide bonds. The third-order valence-electron chi connectivity index (χ3n) is 2.71. The number of rotatable bonds is 4. The van der Waals surface area contributed by atoms with Crippen molar-refractivity contribution in [3.8, 4) is 0 Å². The molecular weight excluding hydrogens is 287 g/mol. The molecule has 0 spiro atoms. The van der Waals surface area contributed by atoms with Crippen LogP contribution in [0.25, 0.3) is 6.08 Å². The molecule has 2 aromatic rings. The molecule has 5 nitrogen and oxygen atoms in total.